The number of ether oxygens (including phenoxy) is 2. The van der Waals surface area contributed by atoms with Gasteiger partial charge in [0.25, 0.3) is 0 Å². The van der Waals surface area contributed by atoms with Crippen molar-refractivity contribution in [3.8, 4) is 0 Å². The van der Waals surface area contributed by atoms with Crippen LogP contribution in [0.2, 0.25) is 0 Å². The summed E-state index contributed by atoms with van der Waals surface area (Å²) in [6, 6.07) is 0. The van der Waals surface area contributed by atoms with E-state index >= 15 is 0 Å². The maximum atomic E-state index is 6.00. The first kappa shape index (κ1) is 30.0. The van der Waals surface area contributed by atoms with Gasteiger partial charge >= 0.3 is 0 Å². The molecule has 2 unspecified atom stereocenters. The molecule has 2 atom stereocenters. The van der Waals surface area contributed by atoms with E-state index in [2.05, 4.69) is 23.4 Å². The van der Waals surface area contributed by atoms with Gasteiger partial charge in [0.2, 0.25) is 0 Å². The highest BCUT2D eigenvalue weighted by Gasteiger charge is 2.24. The van der Waals surface area contributed by atoms with Gasteiger partial charge in [-0.25, -0.2) is 0 Å². The van der Waals surface area contributed by atoms with Crippen LogP contribution >= 0.6 is 11.8 Å². The van der Waals surface area contributed by atoms with E-state index in [0.717, 1.165) is 31.6 Å². The van der Waals surface area contributed by atoms with Crippen molar-refractivity contribution in [3.63, 3.8) is 0 Å². The van der Waals surface area contributed by atoms with Crippen molar-refractivity contribution in [3.05, 3.63) is 11.6 Å². The van der Waals surface area contributed by atoms with Gasteiger partial charge in [0.1, 0.15) is 0 Å². The summed E-state index contributed by atoms with van der Waals surface area (Å²) < 4.78 is 11.9. The Labute approximate surface area is 217 Å². The quantitative estimate of drug-likeness (QED) is 0.124. The SMILES string of the molecule is CCCCCCCCCCCCCCCCC1COC(COCCCCCCN2C=CSC2)C1. The third-order valence-corrected chi connectivity index (χ3v) is 8.32. The zero-order valence-corrected chi connectivity index (χ0v) is 23.5. The van der Waals surface area contributed by atoms with Crippen molar-refractivity contribution >= 4 is 11.8 Å². The van der Waals surface area contributed by atoms with Gasteiger partial charge in [0.15, 0.2) is 0 Å². The lowest BCUT2D eigenvalue weighted by Crippen LogP contribution is -2.15. The summed E-state index contributed by atoms with van der Waals surface area (Å²) in [6.45, 7) is 6.19. The minimum Gasteiger partial charge on any atom is -0.379 e. The summed E-state index contributed by atoms with van der Waals surface area (Å²) in [5, 5.41) is 2.20. The van der Waals surface area contributed by atoms with Crippen LogP contribution in [0.15, 0.2) is 11.6 Å². The molecule has 0 aliphatic carbocycles. The topological polar surface area (TPSA) is 21.7 Å². The molecule has 0 radical (unpaired) electrons. The van der Waals surface area contributed by atoms with E-state index in [-0.39, 0.29) is 0 Å². The first-order valence-corrected chi connectivity index (χ1v) is 16.1. The summed E-state index contributed by atoms with van der Waals surface area (Å²) in [4.78, 5) is 2.41. The van der Waals surface area contributed by atoms with Gasteiger partial charge in [-0.05, 0) is 37.0 Å². The largest absolute Gasteiger partial charge is 0.379 e. The summed E-state index contributed by atoms with van der Waals surface area (Å²) in [7, 11) is 0. The van der Waals surface area contributed by atoms with Gasteiger partial charge in [-0.15, -0.1) is 11.8 Å². The minimum atomic E-state index is 0.357. The monoisotopic (exact) mass is 495 g/mol. The van der Waals surface area contributed by atoms with Crippen molar-refractivity contribution in [2.75, 3.05) is 32.2 Å². The Morgan fingerprint density at radius 3 is 2.06 bits per heavy atom. The second-order valence-electron chi connectivity index (χ2n) is 10.8. The van der Waals surface area contributed by atoms with Gasteiger partial charge in [0.05, 0.1) is 18.6 Å². The molecule has 0 aromatic carbocycles. The number of hydrogen-bond acceptors (Lipinski definition) is 4. The molecule has 1 fully saturated rings. The summed E-state index contributed by atoms with van der Waals surface area (Å²) in [6.07, 6.45) is 30.5. The predicted octanol–water partition coefficient (Wildman–Crippen LogP) is 9.32. The number of nitrogens with zero attached hydrogens (tertiary/aromatic N) is 1. The van der Waals surface area contributed by atoms with Crippen LogP contribution < -0.4 is 0 Å². The molecular weight excluding hydrogens is 438 g/mol. The van der Waals surface area contributed by atoms with E-state index < -0.39 is 0 Å². The average molecular weight is 496 g/mol. The highest BCUT2D eigenvalue weighted by atomic mass is 32.2. The van der Waals surface area contributed by atoms with Crippen molar-refractivity contribution < 1.29 is 9.47 Å². The maximum Gasteiger partial charge on any atom is 0.0812 e. The number of rotatable bonds is 24. The molecule has 0 amide bonds. The normalized spacial score (nSPS) is 20.1. The van der Waals surface area contributed by atoms with Crippen LogP contribution in [0.5, 0.6) is 0 Å². The zero-order valence-electron chi connectivity index (χ0n) is 22.7. The average Bonchev–Trinajstić information content (AvgIpc) is 3.53. The van der Waals surface area contributed by atoms with E-state index in [1.54, 1.807) is 0 Å². The Morgan fingerprint density at radius 2 is 1.41 bits per heavy atom. The second kappa shape index (κ2) is 22.0. The highest BCUT2D eigenvalue weighted by molar-refractivity contribution is 8.02. The van der Waals surface area contributed by atoms with Crippen molar-refractivity contribution in [2.45, 2.75) is 141 Å². The molecule has 0 bridgehead atoms. The van der Waals surface area contributed by atoms with Gasteiger partial charge in [-0.1, -0.05) is 110 Å². The summed E-state index contributed by atoms with van der Waals surface area (Å²) in [5.41, 5.74) is 0. The first-order valence-electron chi connectivity index (χ1n) is 15.1. The van der Waals surface area contributed by atoms with Crippen molar-refractivity contribution in [2.24, 2.45) is 5.92 Å². The summed E-state index contributed by atoms with van der Waals surface area (Å²) in [5.74, 6) is 1.92. The van der Waals surface area contributed by atoms with Gasteiger partial charge < -0.3 is 14.4 Å². The van der Waals surface area contributed by atoms with Gasteiger partial charge in [-0.2, -0.15) is 0 Å². The Hall–Kier alpha value is -0.190. The van der Waals surface area contributed by atoms with E-state index in [9.17, 15) is 0 Å². The van der Waals surface area contributed by atoms with Gasteiger partial charge in [0, 0.05) is 26.0 Å². The van der Waals surface area contributed by atoms with Crippen LogP contribution in [0.3, 0.4) is 0 Å². The fourth-order valence-electron chi connectivity index (χ4n) is 5.26. The molecule has 200 valence electrons. The summed E-state index contributed by atoms with van der Waals surface area (Å²) >= 11 is 1.89. The standard InChI is InChI=1S/C30H57NO2S/c1-2-3-4-5-6-7-8-9-10-11-12-13-14-17-20-29-25-30(33-26-29)27-32-23-19-16-15-18-21-31-22-24-34-28-31/h22,24,29-30H,2-21,23,25-28H2,1H3. The lowest BCUT2D eigenvalue weighted by atomic mass is 9.97. The molecule has 4 heteroatoms. The Bertz CT molecular complexity index is 473. The maximum absolute atomic E-state index is 6.00. The highest BCUT2D eigenvalue weighted by Crippen LogP contribution is 2.25. The minimum absolute atomic E-state index is 0.357. The molecular formula is C30H57NO2S. The van der Waals surface area contributed by atoms with Crippen molar-refractivity contribution in [1.82, 2.24) is 4.90 Å². The molecule has 2 aliphatic heterocycles. The van der Waals surface area contributed by atoms with Crippen LogP contribution in [0.25, 0.3) is 0 Å². The molecule has 2 heterocycles. The second-order valence-corrected chi connectivity index (χ2v) is 11.7. The van der Waals surface area contributed by atoms with E-state index in [1.807, 2.05) is 11.8 Å². The molecule has 2 aliphatic rings. The molecule has 0 aromatic heterocycles. The van der Waals surface area contributed by atoms with Crippen LogP contribution in [-0.4, -0.2) is 43.2 Å². The Kier molecular flexibility index (Phi) is 19.5. The van der Waals surface area contributed by atoms with Crippen LogP contribution in [0.1, 0.15) is 135 Å². The zero-order chi connectivity index (χ0) is 23.9. The van der Waals surface area contributed by atoms with E-state index in [0.29, 0.717) is 6.10 Å². The van der Waals surface area contributed by atoms with Crippen LogP contribution in [-0.2, 0) is 9.47 Å². The first-order chi connectivity index (χ1) is 16.9. The molecule has 0 N–H and O–H groups in total. The predicted molar refractivity (Wildman–Crippen MR) is 150 cm³/mol. The fourth-order valence-corrected chi connectivity index (χ4v) is 6.01. The molecule has 0 aromatic rings. The molecule has 2 rings (SSSR count). The van der Waals surface area contributed by atoms with E-state index in [1.165, 1.54) is 135 Å². The lowest BCUT2D eigenvalue weighted by Gasteiger charge is -2.14. The van der Waals surface area contributed by atoms with Gasteiger partial charge in [-0.3, -0.25) is 0 Å². The number of thioether (sulfide) groups is 1. The lowest BCUT2D eigenvalue weighted by molar-refractivity contribution is 0.0153. The fraction of sp³-hybridized carbons (Fsp3) is 0.933. The third kappa shape index (κ3) is 16.5. The number of hydrogen-bond donors (Lipinski definition) is 0. The van der Waals surface area contributed by atoms with Crippen LogP contribution in [0.4, 0.5) is 0 Å². The smallest absolute Gasteiger partial charge is 0.0812 e. The molecule has 34 heavy (non-hydrogen) atoms. The Balaban J connectivity index is 1.25. The molecule has 0 saturated carbocycles. The Morgan fingerprint density at radius 1 is 0.794 bits per heavy atom. The molecule has 0 spiro atoms. The van der Waals surface area contributed by atoms with Crippen molar-refractivity contribution in [1.29, 1.82) is 0 Å². The van der Waals surface area contributed by atoms with E-state index in [4.69, 9.17) is 9.47 Å². The molecule has 3 nitrogen and oxygen atoms in total. The number of unbranched alkanes of at least 4 members (excludes halogenated alkanes) is 16. The molecule has 1 saturated heterocycles. The van der Waals surface area contributed by atoms with Crippen LogP contribution in [0, 0.1) is 5.92 Å². The third-order valence-electron chi connectivity index (χ3n) is 7.53.